The Hall–Kier alpha value is -1.51. The van der Waals surface area contributed by atoms with Crippen LogP contribution in [0.3, 0.4) is 0 Å². The summed E-state index contributed by atoms with van der Waals surface area (Å²) in [6.45, 7) is 8.50. The first-order valence-electron chi connectivity index (χ1n) is 4.20. The Morgan fingerprint density at radius 2 is 2.38 bits per heavy atom. The third kappa shape index (κ3) is 2.78. The van der Waals surface area contributed by atoms with Crippen LogP contribution < -0.4 is 11.1 Å². The second-order valence-electron chi connectivity index (χ2n) is 3.24. The molecule has 1 rings (SSSR count). The number of nitrogens with zero attached hydrogens (tertiary/aromatic N) is 1. The molecule has 0 aliphatic rings. The van der Waals surface area contributed by atoms with Gasteiger partial charge in [-0.25, -0.2) is 4.98 Å². The number of hydrogen-bond donors (Lipinski definition) is 2. The molecule has 3 N–H and O–H groups in total. The molecule has 1 aromatic heterocycles. The first-order valence-corrected chi connectivity index (χ1v) is 4.20. The Kier molecular flexibility index (Phi) is 2.90. The minimum absolute atomic E-state index is 0.693. The van der Waals surface area contributed by atoms with E-state index in [0.717, 1.165) is 23.5 Å². The number of nitrogens with one attached hydrogen (secondary N) is 1. The SMILES string of the molecule is C=C(C)CNc1ncc(N)cc1C. The molecule has 0 spiro atoms. The van der Waals surface area contributed by atoms with Gasteiger partial charge in [0.2, 0.25) is 0 Å². The van der Waals surface area contributed by atoms with E-state index >= 15 is 0 Å². The van der Waals surface area contributed by atoms with Gasteiger partial charge in [-0.05, 0) is 25.5 Å². The lowest BCUT2D eigenvalue weighted by atomic mass is 10.2. The lowest BCUT2D eigenvalue weighted by Crippen LogP contribution is -2.05. The van der Waals surface area contributed by atoms with E-state index in [4.69, 9.17) is 5.73 Å². The van der Waals surface area contributed by atoms with E-state index in [-0.39, 0.29) is 0 Å². The van der Waals surface area contributed by atoms with Crippen molar-refractivity contribution in [2.45, 2.75) is 13.8 Å². The molecule has 0 atom stereocenters. The minimum atomic E-state index is 0.693. The maximum Gasteiger partial charge on any atom is 0.129 e. The summed E-state index contributed by atoms with van der Waals surface area (Å²) in [5, 5.41) is 3.17. The number of nitrogen functional groups attached to an aromatic ring is 1. The number of aromatic nitrogens is 1. The molecular weight excluding hydrogens is 162 g/mol. The number of hydrogen-bond acceptors (Lipinski definition) is 3. The van der Waals surface area contributed by atoms with Crippen molar-refractivity contribution in [2.75, 3.05) is 17.6 Å². The molecule has 0 aromatic carbocycles. The summed E-state index contributed by atoms with van der Waals surface area (Å²) in [5.74, 6) is 0.872. The average Bonchev–Trinajstić information content (AvgIpc) is 2.02. The van der Waals surface area contributed by atoms with Gasteiger partial charge in [0.1, 0.15) is 5.82 Å². The molecular formula is C10H15N3. The van der Waals surface area contributed by atoms with Crippen LogP contribution in [-0.2, 0) is 0 Å². The maximum atomic E-state index is 5.58. The van der Waals surface area contributed by atoms with Gasteiger partial charge in [0, 0.05) is 6.54 Å². The quantitative estimate of drug-likeness (QED) is 0.694. The highest BCUT2D eigenvalue weighted by Gasteiger charge is 1.98. The van der Waals surface area contributed by atoms with Crippen LogP contribution in [0.4, 0.5) is 11.5 Å². The van der Waals surface area contributed by atoms with E-state index in [2.05, 4.69) is 16.9 Å². The van der Waals surface area contributed by atoms with Crippen molar-refractivity contribution in [1.82, 2.24) is 4.98 Å². The second-order valence-corrected chi connectivity index (χ2v) is 3.24. The monoisotopic (exact) mass is 177 g/mol. The third-order valence-electron chi connectivity index (χ3n) is 1.66. The highest BCUT2D eigenvalue weighted by molar-refractivity contribution is 5.51. The summed E-state index contributed by atoms with van der Waals surface area (Å²) in [6, 6.07) is 1.90. The largest absolute Gasteiger partial charge is 0.397 e. The molecule has 0 aliphatic carbocycles. The first kappa shape index (κ1) is 9.58. The van der Waals surface area contributed by atoms with Gasteiger partial charge in [0.15, 0.2) is 0 Å². The molecule has 13 heavy (non-hydrogen) atoms. The fourth-order valence-electron chi connectivity index (χ4n) is 1.02. The van der Waals surface area contributed by atoms with Crippen LogP contribution in [0.15, 0.2) is 24.4 Å². The zero-order valence-electron chi connectivity index (χ0n) is 8.09. The molecule has 0 fully saturated rings. The van der Waals surface area contributed by atoms with Crippen molar-refractivity contribution in [3.63, 3.8) is 0 Å². The summed E-state index contributed by atoms with van der Waals surface area (Å²) in [5.41, 5.74) is 8.41. The Bertz CT molecular complexity index is 318. The van der Waals surface area contributed by atoms with E-state index in [1.807, 2.05) is 19.9 Å². The smallest absolute Gasteiger partial charge is 0.129 e. The molecule has 3 heteroatoms. The molecule has 0 unspecified atom stereocenters. The van der Waals surface area contributed by atoms with E-state index in [1.54, 1.807) is 6.20 Å². The average molecular weight is 177 g/mol. The van der Waals surface area contributed by atoms with Crippen molar-refractivity contribution in [3.8, 4) is 0 Å². The van der Waals surface area contributed by atoms with Crippen molar-refractivity contribution >= 4 is 11.5 Å². The predicted octanol–water partition coefficient (Wildman–Crippen LogP) is 1.96. The van der Waals surface area contributed by atoms with Gasteiger partial charge in [-0.1, -0.05) is 12.2 Å². The van der Waals surface area contributed by atoms with Gasteiger partial charge >= 0.3 is 0 Å². The molecule has 0 bridgehead atoms. The van der Waals surface area contributed by atoms with Gasteiger partial charge in [-0.3, -0.25) is 0 Å². The number of nitrogens with two attached hydrogens (primary N) is 1. The van der Waals surface area contributed by atoms with Crippen LogP contribution in [-0.4, -0.2) is 11.5 Å². The van der Waals surface area contributed by atoms with Crippen LogP contribution in [0.1, 0.15) is 12.5 Å². The summed E-state index contributed by atoms with van der Waals surface area (Å²) in [6.07, 6.45) is 1.65. The first-order chi connectivity index (χ1) is 6.09. The molecule has 0 radical (unpaired) electrons. The highest BCUT2D eigenvalue weighted by Crippen LogP contribution is 2.13. The van der Waals surface area contributed by atoms with Gasteiger partial charge in [-0.2, -0.15) is 0 Å². The summed E-state index contributed by atoms with van der Waals surface area (Å²) in [4.78, 5) is 4.17. The molecule has 0 aliphatic heterocycles. The molecule has 1 heterocycles. The molecule has 0 saturated carbocycles. The number of pyridine rings is 1. The van der Waals surface area contributed by atoms with Crippen LogP contribution in [0.5, 0.6) is 0 Å². The van der Waals surface area contributed by atoms with Crippen molar-refractivity contribution in [2.24, 2.45) is 0 Å². The molecule has 1 aromatic rings. The molecule has 70 valence electrons. The topological polar surface area (TPSA) is 50.9 Å². The number of rotatable bonds is 3. The van der Waals surface area contributed by atoms with Crippen molar-refractivity contribution < 1.29 is 0 Å². The normalized spacial score (nSPS) is 9.69. The fraction of sp³-hybridized carbons (Fsp3) is 0.300. The van der Waals surface area contributed by atoms with Crippen LogP contribution in [0.2, 0.25) is 0 Å². The fourth-order valence-corrected chi connectivity index (χ4v) is 1.02. The standard InChI is InChI=1S/C10H15N3/c1-7(2)5-12-10-8(3)4-9(11)6-13-10/h4,6H,1,5,11H2,2-3H3,(H,12,13). The number of anilines is 2. The van der Waals surface area contributed by atoms with Crippen LogP contribution >= 0.6 is 0 Å². The zero-order chi connectivity index (χ0) is 9.84. The highest BCUT2D eigenvalue weighted by atomic mass is 15.0. The van der Waals surface area contributed by atoms with Crippen molar-refractivity contribution in [3.05, 3.63) is 30.0 Å². The van der Waals surface area contributed by atoms with Crippen LogP contribution in [0.25, 0.3) is 0 Å². The number of aryl methyl sites for hydroxylation is 1. The lowest BCUT2D eigenvalue weighted by Gasteiger charge is -2.08. The Labute approximate surface area is 78.7 Å². The van der Waals surface area contributed by atoms with Gasteiger partial charge in [0.05, 0.1) is 11.9 Å². The Morgan fingerprint density at radius 1 is 1.69 bits per heavy atom. The Morgan fingerprint density at radius 3 is 2.92 bits per heavy atom. The Balaban J connectivity index is 2.72. The van der Waals surface area contributed by atoms with Gasteiger partial charge < -0.3 is 11.1 Å². The lowest BCUT2D eigenvalue weighted by molar-refractivity contribution is 1.15. The van der Waals surface area contributed by atoms with Crippen LogP contribution in [0, 0.1) is 6.92 Å². The van der Waals surface area contributed by atoms with Gasteiger partial charge in [-0.15, -0.1) is 0 Å². The van der Waals surface area contributed by atoms with Crippen molar-refractivity contribution in [1.29, 1.82) is 0 Å². The second kappa shape index (κ2) is 3.94. The predicted molar refractivity (Wildman–Crippen MR) is 56.7 cm³/mol. The van der Waals surface area contributed by atoms with E-state index < -0.39 is 0 Å². The van der Waals surface area contributed by atoms with E-state index in [1.165, 1.54) is 0 Å². The van der Waals surface area contributed by atoms with E-state index in [0.29, 0.717) is 5.69 Å². The van der Waals surface area contributed by atoms with Gasteiger partial charge in [0.25, 0.3) is 0 Å². The van der Waals surface area contributed by atoms with E-state index in [9.17, 15) is 0 Å². The zero-order valence-corrected chi connectivity index (χ0v) is 8.09. The molecule has 3 nitrogen and oxygen atoms in total. The summed E-state index contributed by atoms with van der Waals surface area (Å²) in [7, 11) is 0. The molecule has 0 saturated heterocycles. The minimum Gasteiger partial charge on any atom is -0.397 e. The summed E-state index contributed by atoms with van der Waals surface area (Å²) >= 11 is 0. The summed E-state index contributed by atoms with van der Waals surface area (Å²) < 4.78 is 0. The third-order valence-corrected chi connectivity index (χ3v) is 1.66. The molecule has 0 amide bonds. The maximum absolute atomic E-state index is 5.58.